The van der Waals surface area contributed by atoms with E-state index < -0.39 is 18.2 Å². The molecule has 0 aliphatic heterocycles. The summed E-state index contributed by atoms with van der Waals surface area (Å²) >= 11 is 0. The van der Waals surface area contributed by atoms with Crippen LogP contribution in [0.15, 0.2) is 48.1 Å². The van der Waals surface area contributed by atoms with Gasteiger partial charge >= 0.3 is 5.97 Å². The molecule has 0 aromatic heterocycles. The predicted molar refractivity (Wildman–Crippen MR) is 94.3 cm³/mol. The van der Waals surface area contributed by atoms with Crippen LogP contribution in [0.1, 0.15) is 25.5 Å². The Hall–Kier alpha value is -2.15. The molecule has 25 heavy (non-hydrogen) atoms. The molecule has 0 saturated heterocycles. The van der Waals surface area contributed by atoms with Crippen molar-refractivity contribution in [1.29, 1.82) is 0 Å². The average Bonchev–Trinajstić information content (AvgIpc) is 2.60. The van der Waals surface area contributed by atoms with Gasteiger partial charge in [-0.3, -0.25) is 0 Å². The maximum absolute atomic E-state index is 11.4. The first-order valence-electron chi connectivity index (χ1n) is 8.09. The number of esters is 1. The lowest BCUT2D eigenvalue weighted by atomic mass is 10.0. The van der Waals surface area contributed by atoms with Crippen LogP contribution in [0.3, 0.4) is 0 Å². The molecule has 0 unspecified atom stereocenters. The van der Waals surface area contributed by atoms with Crippen LogP contribution in [0.2, 0.25) is 0 Å². The summed E-state index contributed by atoms with van der Waals surface area (Å²) in [7, 11) is 1.50. The summed E-state index contributed by atoms with van der Waals surface area (Å²) in [5.41, 5.74) is 1.36. The van der Waals surface area contributed by atoms with Crippen LogP contribution in [0.5, 0.6) is 5.75 Å². The van der Waals surface area contributed by atoms with Gasteiger partial charge in [0.15, 0.2) is 0 Å². The molecule has 0 radical (unpaired) electrons. The van der Waals surface area contributed by atoms with Gasteiger partial charge in [0, 0.05) is 13.2 Å². The lowest BCUT2D eigenvalue weighted by Gasteiger charge is -2.19. The zero-order valence-corrected chi connectivity index (χ0v) is 14.8. The number of carbonyl (C=O) groups excluding carboxylic acids is 1. The van der Waals surface area contributed by atoms with Crippen LogP contribution in [-0.4, -0.2) is 49.2 Å². The average molecular weight is 350 g/mol. The molecular formula is C19H26O6. The van der Waals surface area contributed by atoms with Gasteiger partial charge < -0.3 is 24.4 Å². The summed E-state index contributed by atoms with van der Waals surface area (Å²) in [4.78, 5) is 11.4. The number of carbonyl (C=O) groups is 1. The van der Waals surface area contributed by atoms with E-state index in [2.05, 4.69) is 0 Å². The summed E-state index contributed by atoms with van der Waals surface area (Å²) in [6.45, 7) is 3.99. The van der Waals surface area contributed by atoms with E-state index in [4.69, 9.17) is 19.3 Å². The maximum atomic E-state index is 11.4. The Morgan fingerprint density at radius 2 is 1.96 bits per heavy atom. The summed E-state index contributed by atoms with van der Waals surface area (Å²) in [6, 6.07) is 6.91. The first-order valence-corrected chi connectivity index (χ1v) is 8.09. The standard InChI is InChI=1S/C19H26O6/c1-4-24-18(21)13-14(2)5-10-17(23-3)19(22)15-6-8-16(9-7-15)25-12-11-20/h5-10,13,17,19-20,22H,4,11-12H2,1-3H3/b10-5+,14-13+/t17-,19-/m1/s1. The second-order valence-corrected chi connectivity index (χ2v) is 5.29. The minimum absolute atomic E-state index is 0.0560. The third kappa shape index (κ3) is 7.51. The van der Waals surface area contributed by atoms with E-state index in [0.29, 0.717) is 23.5 Å². The van der Waals surface area contributed by atoms with Crippen molar-refractivity contribution in [2.75, 3.05) is 26.9 Å². The largest absolute Gasteiger partial charge is 0.491 e. The maximum Gasteiger partial charge on any atom is 0.330 e. The van der Waals surface area contributed by atoms with E-state index in [9.17, 15) is 9.90 Å². The Kier molecular flexibility index (Phi) is 9.54. The molecular weight excluding hydrogens is 324 g/mol. The third-order valence-electron chi connectivity index (χ3n) is 3.35. The first kappa shape index (κ1) is 20.9. The zero-order valence-electron chi connectivity index (χ0n) is 14.8. The Balaban J connectivity index is 2.74. The normalized spacial score (nSPS) is 14.4. The van der Waals surface area contributed by atoms with Crippen molar-refractivity contribution in [3.63, 3.8) is 0 Å². The molecule has 0 heterocycles. The van der Waals surface area contributed by atoms with Crippen molar-refractivity contribution >= 4 is 5.97 Å². The second-order valence-electron chi connectivity index (χ2n) is 5.29. The fourth-order valence-corrected chi connectivity index (χ4v) is 2.09. The van der Waals surface area contributed by atoms with Crippen LogP contribution >= 0.6 is 0 Å². The SMILES string of the molecule is CCOC(=O)/C=C(C)/C=C/[C@@H](OC)[C@H](O)c1ccc(OCCO)cc1. The van der Waals surface area contributed by atoms with Crippen LogP contribution in [-0.2, 0) is 14.3 Å². The molecule has 1 aromatic carbocycles. The molecule has 0 saturated carbocycles. The van der Waals surface area contributed by atoms with Crippen molar-refractivity contribution in [2.45, 2.75) is 26.1 Å². The van der Waals surface area contributed by atoms with Gasteiger partial charge in [0.25, 0.3) is 0 Å². The Morgan fingerprint density at radius 3 is 2.52 bits per heavy atom. The molecule has 2 N–H and O–H groups in total. The molecule has 0 aliphatic carbocycles. The molecule has 0 amide bonds. The van der Waals surface area contributed by atoms with Crippen LogP contribution in [0.25, 0.3) is 0 Å². The Labute approximate surface area is 148 Å². The topological polar surface area (TPSA) is 85.2 Å². The summed E-state index contributed by atoms with van der Waals surface area (Å²) in [5.74, 6) is 0.209. The molecule has 0 bridgehead atoms. The fourth-order valence-electron chi connectivity index (χ4n) is 2.09. The van der Waals surface area contributed by atoms with Crippen LogP contribution in [0.4, 0.5) is 0 Å². The molecule has 2 atom stereocenters. The molecule has 1 rings (SSSR count). The van der Waals surface area contributed by atoms with Crippen molar-refractivity contribution in [3.05, 3.63) is 53.6 Å². The summed E-state index contributed by atoms with van der Waals surface area (Å²) in [5, 5.41) is 19.2. The Bertz CT molecular complexity index is 576. The number of hydrogen-bond acceptors (Lipinski definition) is 6. The third-order valence-corrected chi connectivity index (χ3v) is 3.35. The molecule has 0 aliphatic rings. The monoisotopic (exact) mass is 350 g/mol. The van der Waals surface area contributed by atoms with Gasteiger partial charge in [-0.05, 0) is 37.1 Å². The van der Waals surface area contributed by atoms with Crippen LogP contribution in [0, 0.1) is 0 Å². The second kappa shape index (κ2) is 11.4. The minimum atomic E-state index is -0.872. The van der Waals surface area contributed by atoms with E-state index in [0.717, 1.165) is 0 Å². The van der Waals surface area contributed by atoms with Crippen LogP contribution < -0.4 is 4.74 Å². The molecule has 0 fully saturated rings. The number of hydrogen-bond donors (Lipinski definition) is 2. The van der Waals surface area contributed by atoms with Gasteiger partial charge in [0.1, 0.15) is 24.6 Å². The zero-order chi connectivity index (χ0) is 18.7. The molecule has 138 valence electrons. The number of rotatable bonds is 10. The van der Waals surface area contributed by atoms with E-state index in [1.165, 1.54) is 13.2 Å². The Morgan fingerprint density at radius 1 is 1.28 bits per heavy atom. The van der Waals surface area contributed by atoms with E-state index in [1.54, 1.807) is 50.3 Å². The highest BCUT2D eigenvalue weighted by molar-refractivity contribution is 5.83. The molecule has 6 heteroatoms. The van der Waals surface area contributed by atoms with Gasteiger partial charge in [-0.1, -0.05) is 24.3 Å². The highest BCUT2D eigenvalue weighted by atomic mass is 16.5. The molecule has 6 nitrogen and oxygen atoms in total. The number of allylic oxidation sites excluding steroid dienone is 2. The van der Waals surface area contributed by atoms with Gasteiger partial charge in [-0.15, -0.1) is 0 Å². The number of benzene rings is 1. The van der Waals surface area contributed by atoms with Crippen molar-refractivity contribution < 1.29 is 29.2 Å². The van der Waals surface area contributed by atoms with E-state index in [-0.39, 0.29) is 13.2 Å². The van der Waals surface area contributed by atoms with Gasteiger partial charge in [-0.25, -0.2) is 4.79 Å². The number of methoxy groups -OCH3 is 1. The minimum Gasteiger partial charge on any atom is -0.491 e. The molecule has 0 spiro atoms. The predicted octanol–water partition coefficient (Wildman–Crippen LogP) is 2.17. The summed E-state index contributed by atoms with van der Waals surface area (Å²) < 4.78 is 15.4. The quantitative estimate of drug-likeness (QED) is 0.382. The smallest absolute Gasteiger partial charge is 0.330 e. The number of aliphatic hydroxyl groups excluding tert-OH is 2. The number of ether oxygens (including phenoxy) is 3. The summed E-state index contributed by atoms with van der Waals surface area (Å²) in [6.07, 6.45) is 3.32. The fraction of sp³-hybridized carbons (Fsp3) is 0.421. The van der Waals surface area contributed by atoms with Crippen molar-refractivity contribution in [3.8, 4) is 5.75 Å². The van der Waals surface area contributed by atoms with E-state index in [1.807, 2.05) is 0 Å². The van der Waals surface area contributed by atoms with Gasteiger partial charge in [0.2, 0.25) is 0 Å². The lowest BCUT2D eigenvalue weighted by Crippen LogP contribution is -2.18. The van der Waals surface area contributed by atoms with E-state index >= 15 is 0 Å². The lowest BCUT2D eigenvalue weighted by molar-refractivity contribution is -0.137. The highest BCUT2D eigenvalue weighted by Gasteiger charge is 2.18. The van der Waals surface area contributed by atoms with Gasteiger partial charge in [-0.2, -0.15) is 0 Å². The van der Waals surface area contributed by atoms with Crippen molar-refractivity contribution in [1.82, 2.24) is 0 Å². The van der Waals surface area contributed by atoms with Crippen molar-refractivity contribution in [2.24, 2.45) is 0 Å². The number of aliphatic hydroxyl groups is 2. The molecule has 1 aromatic rings. The first-order chi connectivity index (χ1) is 12.0. The highest BCUT2D eigenvalue weighted by Crippen LogP contribution is 2.23. The van der Waals surface area contributed by atoms with Gasteiger partial charge in [0.05, 0.1) is 13.2 Å².